The van der Waals surface area contributed by atoms with Gasteiger partial charge in [0.15, 0.2) is 0 Å². The monoisotopic (exact) mass is 563 g/mol. The van der Waals surface area contributed by atoms with Gasteiger partial charge in [0.1, 0.15) is 11.9 Å². The molecular formula is C31H53N3O6. The molecule has 40 heavy (non-hydrogen) atoms. The van der Waals surface area contributed by atoms with Crippen LogP contribution in [-0.2, 0) is 14.3 Å². The van der Waals surface area contributed by atoms with Crippen molar-refractivity contribution in [3.05, 3.63) is 29.8 Å². The number of carbonyl (C=O) groups excluding carboxylic acids is 2. The van der Waals surface area contributed by atoms with Crippen molar-refractivity contribution in [2.24, 2.45) is 23.5 Å². The first-order valence-corrected chi connectivity index (χ1v) is 15.0. The summed E-state index contributed by atoms with van der Waals surface area (Å²) < 4.78 is 16.4. The molecule has 1 fully saturated rings. The predicted molar refractivity (Wildman–Crippen MR) is 157 cm³/mol. The molecule has 1 saturated carbocycles. The fraction of sp³-hybridized carbons (Fsp3) is 0.742. The molecule has 0 aliphatic heterocycles. The first-order valence-electron chi connectivity index (χ1n) is 15.0. The third-order valence-electron chi connectivity index (χ3n) is 8.00. The number of ether oxygens (including phenoxy) is 3. The molecular weight excluding hydrogens is 510 g/mol. The molecule has 0 aromatic heterocycles. The summed E-state index contributed by atoms with van der Waals surface area (Å²) in [4.78, 5) is 25.7. The predicted octanol–water partition coefficient (Wildman–Crippen LogP) is 3.67. The Morgan fingerprint density at radius 2 is 1.73 bits per heavy atom. The number of aliphatic hydroxyl groups excluding tert-OH is 1. The van der Waals surface area contributed by atoms with E-state index in [0.29, 0.717) is 49.8 Å². The van der Waals surface area contributed by atoms with E-state index in [9.17, 15) is 14.7 Å². The largest absolute Gasteiger partial charge is 0.493 e. The minimum absolute atomic E-state index is 0.0458. The number of benzene rings is 1. The zero-order valence-electron chi connectivity index (χ0n) is 25.0. The van der Waals surface area contributed by atoms with E-state index in [2.05, 4.69) is 24.5 Å². The van der Waals surface area contributed by atoms with E-state index in [1.54, 1.807) is 26.4 Å². The SMILES string of the molecule is COCCCCOc1ccccc1C(=O)NCC(CC(N)C(O)CNC(=O)[C@@H](CC1CCCCC1)OC)C(C)C. The Morgan fingerprint density at radius 3 is 2.40 bits per heavy atom. The Kier molecular flexibility index (Phi) is 16.2. The van der Waals surface area contributed by atoms with Crippen LogP contribution < -0.4 is 21.1 Å². The molecule has 1 aliphatic rings. The Balaban J connectivity index is 1.82. The second-order valence-electron chi connectivity index (χ2n) is 11.4. The number of methoxy groups -OCH3 is 2. The highest BCUT2D eigenvalue weighted by molar-refractivity contribution is 5.96. The minimum atomic E-state index is -0.902. The summed E-state index contributed by atoms with van der Waals surface area (Å²) in [5.41, 5.74) is 6.85. The Bertz CT molecular complexity index is 861. The average molecular weight is 564 g/mol. The molecule has 9 nitrogen and oxygen atoms in total. The average Bonchev–Trinajstić information content (AvgIpc) is 2.96. The maximum absolute atomic E-state index is 13.0. The third-order valence-corrected chi connectivity index (χ3v) is 8.00. The van der Waals surface area contributed by atoms with Gasteiger partial charge in [0.05, 0.1) is 18.3 Å². The molecule has 9 heteroatoms. The van der Waals surface area contributed by atoms with Gasteiger partial charge in [0, 0.05) is 40.0 Å². The van der Waals surface area contributed by atoms with Crippen molar-refractivity contribution in [2.75, 3.05) is 40.5 Å². The van der Waals surface area contributed by atoms with E-state index in [1.807, 2.05) is 12.1 Å². The summed E-state index contributed by atoms with van der Waals surface area (Å²) in [7, 11) is 3.23. The molecule has 1 aliphatic carbocycles. The second kappa shape index (κ2) is 19.0. The summed E-state index contributed by atoms with van der Waals surface area (Å²) in [6.07, 6.45) is 7.50. The highest BCUT2D eigenvalue weighted by Gasteiger charge is 2.27. The summed E-state index contributed by atoms with van der Waals surface area (Å²) in [5.74, 6) is 0.935. The molecule has 228 valence electrons. The number of rotatable bonds is 19. The van der Waals surface area contributed by atoms with Gasteiger partial charge in [-0.15, -0.1) is 0 Å². The molecule has 4 atom stereocenters. The van der Waals surface area contributed by atoms with Gasteiger partial charge in [0.25, 0.3) is 5.91 Å². The van der Waals surface area contributed by atoms with E-state index in [0.717, 1.165) is 25.7 Å². The van der Waals surface area contributed by atoms with Gasteiger partial charge in [-0.1, -0.05) is 58.1 Å². The Hall–Kier alpha value is -2.20. The number of nitrogens with one attached hydrogen (secondary N) is 2. The lowest BCUT2D eigenvalue weighted by atomic mass is 9.85. The van der Waals surface area contributed by atoms with Gasteiger partial charge in [-0.3, -0.25) is 9.59 Å². The van der Waals surface area contributed by atoms with Crippen molar-refractivity contribution in [2.45, 2.75) is 89.9 Å². The fourth-order valence-corrected chi connectivity index (χ4v) is 5.23. The summed E-state index contributed by atoms with van der Waals surface area (Å²) >= 11 is 0. The van der Waals surface area contributed by atoms with E-state index in [4.69, 9.17) is 19.9 Å². The maximum atomic E-state index is 13.0. The van der Waals surface area contributed by atoms with Gasteiger partial charge in [-0.25, -0.2) is 0 Å². The van der Waals surface area contributed by atoms with Crippen LogP contribution in [0.2, 0.25) is 0 Å². The van der Waals surface area contributed by atoms with Crippen LogP contribution in [0, 0.1) is 17.8 Å². The number of para-hydroxylation sites is 1. The molecule has 3 unspecified atom stereocenters. The third kappa shape index (κ3) is 12.1. The van der Waals surface area contributed by atoms with Crippen molar-refractivity contribution in [3.63, 3.8) is 0 Å². The number of unbranched alkanes of at least 4 members (excludes halogenated alkanes) is 1. The first-order chi connectivity index (χ1) is 19.3. The molecule has 0 bridgehead atoms. The van der Waals surface area contributed by atoms with Crippen LogP contribution in [0.15, 0.2) is 24.3 Å². The van der Waals surface area contributed by atoms with Crippen molar-refractivity contribution < 1.29 is 28.9 Å². The van der Waals surface area contributed by atoms with Crippen LogP contribution in [-0.4, -0.2) is 75.7 Å². The quantitative estimate of drug-likeness (QED) is 0.189. The maximum Gasteiger partial charge on any atom is 0.255 e. The van der Waals surface area contributed by atoms with Crippen LogP contribution in [0.4, 0.5) is 0 Å². The van der Waals surface area contributed by atoms with Crippen molar-refractivity contribution in [1.29, 1.82) is 0 Å². The highest BCUT2D eigenvalue weighted by atomic mass is 16.5. The molecule has 0 spiro atoms. The van der Waals surface area contributed by atoms with Crippen LogP contribution in [0.1, 0.15) is 82.0 Å². The number of carbonyl (C=O) groups is 2. The molecule has 2 amide bonds. The van der Waals surface area contributed by atoms with E-state index in [-0.39, 0.29) is 30.2 Å². The van der Waals surface area contributed by atoms with Gasteiger partial charge >= 0.3 is 0 Å². The van der Waals surface area contributed by atoms with Crippen molar-refractivity contribution in [3.8, 4) is 5.75 Å². The molecule has 1 aromatic rings. The molecule has 5 N–H and O–H groups in total. The number of amides is 2. The van der Waals surface area contributed by atoms with Crippen molar-refractivity contribution in [1.82, 2.24) is 10.6 Å². The molecule has 1 aromatic carbocycles. The van der Waals surface area contributed by atoms with Crippen LogP contribution in [0.5, 0.6) is 5.75 Å². The zero-order valence-corrected chi connectivity index (χ0v) is 25.0. The van der Waals surface area contributed by atoms with Crippen LogP contribution >= 0.6 is 0 Å². The smallest absolute Gasteiger partial charge is 0.255 e. The van der Waals surface area contributed by atoms with Gasteiger partial charge in [-0.2, -0.15) is 0 Å². The topological polar surface area (TPSA) is 132 Å². The highest BCUT2D eigenvalue weighted by Crippen LogP contribution is 2.28. The summed E-state index contributed by atoms with van der Waals surface area (Å²) in [6.45, 7) is 5.82. The van der Waals surface area contributed by atoms with Gasteiger partial charge in [0.2, 0.25) is 5.91 Å². The Labute approximate surface area is 240 Å². The first kappa shape index (κ1) is 34.0. The number of hydrogen-bond acceptors (Lipinski definition) is 7. The fourth-order valence-electron chi connectivity index (χ4n) is 5.23. The standard InChI is InChI=1S/C31H53N3O6/c1-22(2)24(20-33-30(36)25-14-8-9-15-28(25)40-17-11-10-16-38-3)19-26(32)27(35)21-34-31(37)29(39-4)18-23-12-6-5-7-13-23/h8-9,14-15,22-24,26-27,29,35H,5-7,10-13,16-21,32H2,1-4H3,(H,33,36)(H,34,37)/t24?,26?,27?,29-/m1/s1. The molecule has 2 rings (SSSR count). The van der Waals surface area contributed by atoms with Gasteiger partial charge in [-0.05, 0) is 55.6 Å². The van der Waals surface area contributed by atoms with E-state index >= 15 is 0 Å². The zero-order chi connectivity index (χ0) is 29.3. The van der Waals surface area contributed by atoms with E-state index < -0.39 is 18.2 Å². The van der Waals surface area contributed by atoms with Crippen LogP contribution in [0.25, 0.3) is 0 Å². The normalized spacial score (nSPS) is 17.2. The Morgan fingerprint density at radius 1 is 1.02 bits per heavy atom. The van der Waals surface area contributed by atoms with Gasteiger partial charge < -0.3 is 35.7 Å². The number of hydrogen-bond donors (Lipinski definition) is 4. The second-order valence-corrected chi connectivity index (χ2v) is 11.4. The van der Waals surface area contributed by atoms with Crippen molar-refractivity contribution >= 4 is 11.8 Å². The lowest BCUT2D eigenvalue weighted by Crippen LogP contribution is -2.48. The van der Waals surface area contributed by atoms with Crippen LogP contribution in [0.3, 0.4) is 0 Å². The summed E-state index contributed by atoms with van der Waals surface area (Å²) in [5, 5.41) is 16.6. The molecule has 0 saturated heterocycles. The number of aliphatic hydroxyl groups is 1. The lowest BCUT2D eigenvalue weighted by molar-refractivity contribution is -0.132. The lowest BCUT2D eigenvalue weighted by Gasteiger charge is -2.28. The molecule has 0 heterocycles. The molecule has 0 radical (unpaired) electrons. The summed E-state index contributed by atoms with van der Waals surface area (Å²) in [6, 6.07) is 6.67. The number of nitrogens with two attached hydrogens (primary N) is 1. The van der Waals surface area contributed by atoms with E-state index in [1.165, 1.54) is 19.3 Å². The minimum Gasteiger partial charge on any atom is -0.493 e.